The summed E-state index contributed by atoms with van der Waals surface area (Å²) in [6.07, 6.45) is -8.13. The van der Waals surface area contributed by atoms with Gasteiger partial charge in [-0.15, -0.1) is 0 Å². The SMILES string of the molecule is C=C(CC(O)C(F)(F)F)C(=O)c1ccc(Br)cc1. The number of benzene rings is 1. The molecule has 1 N–H and O–H groups in total. The lowest BCUT2D eigenvalue weighted by Crippen LogP contribution is -2.29. The minimum Gasteiger partial charge on any atom is -0.383 e. The van der Waals surface area contributed by atoms with Crippen LogP contribution in [0.15, 0.2) is 40.9 Å². The summed E-state index contributed by atoms with van der Waals surface area (Å²) in [5, 5.41) is 8.85. The summed E-state index contributed by atoms with van der Waals surface area (Å²) in [6, 6.07) is 6.14. The number of hydrogen-bond acceptors (Lipinski definition) is 2. The van der Waals surface area contributed by atoms with E-state index < -0.39 is 24.5 Å². The first-order valence-corrected chi connectivity index (χ1v) is 5.74. The number of halogens is 4. The zero-order chi connectivity index (χ0) is 13.9. The van der Waals surface area contributed by atoms with Crippen molar-refractivity contribution in [2.75, 3.05) is 0 Å². The molecule has 0 saturated heterocycles. The fourth-order valence-electron chi connectivity index (χ4n) is 1.25. The van der Waals surface area contributed by atoms with Gasteiger partial charge < -0.3 is 5.11 Å². The summed E-state index contributed by atoms with van der Waals surface area (Å²) in [4.78, 5) is 11.7. The van der Waals surface area contributed by atoms with E-state index in [9.17, 15) is 18.0 Å². The second kappa shape index (κ2) is 5.67. The molecule has 2 nitrogen and oxygen atoms in total. The standard InChI is InChI=1S/C12H10BrF3O2/c1-7(6-10(17)12(14,15)16)11(18)8-2-4-9(13)5-3-8/h2-5,10,17H,1,6H2. The molecule has 1 aromatic carbocycles. The molecule has 6 heteroatoms. The number of aliphatic hydroxyl groups excluding tert-OH is 1. The van der Waals surface area contributed by atoms with E-state index in [1.54, 1.807) is 12.1 Å². The van der Waals surface area contributed by atoms with Gasteiger partial charge in [-0.1, -0.05) is 22.5 Å². The molecule has 1 atom stereocenters. The third-order valence-corrected chi connectivity index (χ3v) is 2.77. The van der Waals surface area contributed by atoms with Crippen molar-refractivity contribution in [3.8, 4) is 0 Å². The lowest BCUT2D eigenvalue weighted by molar-refractivity contribution is -0.202. The zero-order valence-corrected chi connectivity index (χ0v) is 10.8. The van der Waals surface area contributed by atoms with Crippen molar-refractivity contribution in [3.63, 3.8) is 0 Å². The molecular formula is C12H10BrF3O2. The number of aliphatic hydroxyl groups is 1. The van der Waals surface area contributed by atoms with Gasteiger partial charge >= 0.3 is 6.18 Å². The Hall–Kier alpha value is -1.14. The van der Waals surface area contributed by atoms with Crippen molar-refractivity contribution in [2.24, 2.45) is 0 Å². The quantitative estimate of drug-likeness (QED) is 0.680. The predicted molar refractivity (Wildman–Crippen MR) is 64.3 cm³/mol. The normalized spacial score (nSPS) is 13.2. The van der Waals surface area contributed by atoms with E-state index in [0.717, 1.165) is 4.47 Å². The van der Waals surface area contributed by atoms with E-state index >= 15 is 0 Å². The molecule has 0 aliphatic rings. The summed E-state index contributed by atoms with van der Waals surface area (Å²) in [7, 11) is 0. The van der Waals surface area contributed by atoms with Crippen LogP contribution in [0.3, 0.4) is 0 Å². The van der Waals surface area contributed by atoms with Crippen LogP contribution in [-0.4, -0.2) is 23.2 Å². The summed E-state index contributed by atoms with van der Waals surface area (Å²) in [5.41, 5.74) is -0.0419. The lowest BCUT2D eigenvalue weighted by atomic mass is 10.00. The zero-order valence-electron chi connectivity index (χ0n) is 9.17. The maximum atomic E-state index is 12.1. The first kappa shape index (κ1) is 14.9. The fourth-order valence-corrected chi connectivity index (χ4v) is 1.51. The predicted octanol–water partition coefficient (Wildman–Crippen LogP) is 3.50. The Morgan fingerprint density at radius 1 is 1.33 bits per heavy atom. The van der Waals surface area contributed by atoms with Crippen molar-refractivity contribution in [3.05, 3.63) is 46.5 Å². The minimum absolute atomic E-state index is 0.234. The number of ketones is 1. The van der Waals surface area contributed by atoms with Gasteiger partial charge in [0.15, 0.2) is 11.9 Å². The van der Waals surface area contributed by atoms with E-state index in [4.69, 9.17) is 5.11 Å². The van der Waals surface area contributed by atoms with Crippen LogP contribution in [0.25, 0.3) is 0 Å². The average Bonchev–Trinajstić information content (AvgIpc) is 2.27. The molecule has 0 bridgehead atoms. The van der Waals surface area contributed by atoms with Crippen LogP contribution in [0.5, 0.6) is 0 Å². The average molecular weight is 323 g/mol. The van der Waals surface area contributed by atoms with Gasteiger partial charge in [-0.3, -0.25) is 4.79 Å². The molecular weight excluding hydrogens is 313 g/mol. The molecule has 0 aromatic heterocycles. The largest absolute Gasteiger partial charge is 0.414 e. The fraction of sp³-hybridized carbons (Fsp3) is 0.250. The van der Waals surface area contributed by atoms with Crippen molar-refractivity contribution < 1.29 is 23.1 Å². The Morgan fingerprint density at radius 3 is 2.28 bits per heavy atom. The van der Waals surface area contributed by atoms with Crippen LogP contribution < -0.4 is 0 Å². The number of hydrogen-bond donors (Lipinski definition) is 1. The lowest BCUT2D eigenvalue weighted by Gasteiger charge is -2.15. The monoisotopic (exact) mass is 322 g/mol. The van der Waals surface area contributed by atoms with Gasteiger partial charge in [0.1, 0.15) is 0 Å². The molecule has 1 aromatic rings. The highest BCUT2D eigenvalue weighted by atomic mass is 79.9. The highest BCUT2D eigenvalue weighted by molar-refractivity contribution is 9.10. The van der Waals surface area contributed by atoms with Crippen molar-refractivity contribution in [2.45, 2.75) is 18.7 Å². The highest BCUT2D eigenvalue weighted by Crippen LogP contribution is 2.25. The topological polar surface area (TPSA) is 37.3 Å². The third kappa shape index (κ3) is 3.96. The molecule has 0 radical (unpaired) electrons. The second-order valence-electron chi connectivity index (χ2n) is 3.70. The van der Waals surface area contributed by atoms with E-state index in [-0.39, 0.29) is 11.1 Å². The smallest absolute Gasteiger partial charge is 0.383 e. The van der Waals surface area contributed by atoms with Gasteiger partial charge in [0.25, 0.3) is 0 Å². The van der Waals surface area contributed by atoms with Gasteiger partial charge in [0.05, 0.1) is 0 Å². The van der Waals surface area contributed by atoms with Crippen molar-refractivity contribution in [1.82, 2.24) is 0 Å². The van der Waals surface area contributed by atoms with Gasteiger partial charge in [-0.2, -0.15) is 13.2 Å². The van der Waals surface area contributed by atoms with Gasteiger partial charge in [-0.05, 0) is 29.8 Å². The summed E-state index contributed by atoms with van der Waals surface area (Å²) >= 11 is 3.18. The Bertz CT molecular complexity index is 451. The molecule has 98 valence electrons. The van der Waals surface area contributed by atoms with Crippen LogP contribution in [0.1, 0.15) is 16.8 Å². The van der Waals surface area contributed by atoms with E-state index in [1.165, 1.54) is 12.1 Å². The molecule has 0 spiro atoms. The van der Waals surface area contributed by atoms with Gasteiger partial charge in [0.2, 0.25) is 0 Å². The first-order valence-electron chi connectivity index (χ1n) is 4.94. The summed E-state index contributed by atoms with van der Waals surface area (Å²) in [5.74, 6) is -0.606. The molecule has 0 fully saturated rings. The number of alkyl halides is 3. The van der Waals surface area contributed by atoms with Crippen LogP contribution in [0.4, 0.5) is 13.2 Å². The van der Waals surface area contributed by atoms with Gasteiger partial charge in [-0.25, -0.2) is 0 Å². The number of carbonyl (C=O) groups excluding carboxylic acids is 1. The number of rotatable bonds is 4. The molecule has 1 unspecified atom stereocenters. The Labute approximate surface area is 110 Å². The number of Topliss-reactive ketones (excluding diaryl/α,β-unsaturated/α-hetero) is 1. The van der Waals surface area contributed by atoms with Crippen LogP contribution >= 0.6 is 15.9 Å². The molecule has 0 aliphatic carbocycles. The highest BCUT2D eigenvalue weighted by Gasteiger charge is 2.38. The second-order valence-corrected chi connectivity index (χ2v) is 4.62. The van der Waals surface area contributed by atoms with Crippen LogP contribution in [0.2, 0.25) is 0 Å². The minimum atomic E-state index is -4.75. The Balaban J connectivity index is 2.74. The van der Waals surface area contributed by atoms with Gasteiger partial charge in [0, 0.05) is 16.5 Å². The Kier molecular flexibility index (Phi) is 4.70. The van der Waals surface area contributed by atoms with E-state index in [1.807, 2.05) is 0 Å². The van der Waals surface area contributed by atoms with Crippen molar-refractivity contribution >= 4 is 21.7 Å². The molecule has 1 rings (SSSR count). The summed E-state index contributed by atoms with van der Waals surface area (Å²) < 4.78 is 37.1. The maximum Gasteiger partial charge on any atom is 0.414 e. The summed E-state index contributed by atoms with van der Waals surface area (Å²) in [6.45, 7) is 3.29. The molecule has 0 amide bonds. The van der Waals surface area contributed by atoms with E-state index in [0.29, 0.717) is 0 Å². The van der Waals surface area contributed by atoms with E-state index in [2.05, 4.69) is 22.5 Å². The molecule has 18 heavy (non-hydrogen) atoms. The third-order valence-electron chi connectivity index (χ3n) is 2.25. The maximum absolute atomic E-state index is 12.1. The first-order chi connectivity index (χ1) is 8.21. The molecule has 0 saturated carbocycles. The van der Waals surface area contributed by atoms with Crippen LogP contribution in [0, 0.1) is 0 Å². The molecule has 0 aliphatic heterocycles. The number of carbonyl (C=O) groups is 1. The Morgan fingerprint density at radius 2 is 1.83 bits per heavy atom. The van der Waals surface area contributed by atoms with Crippen LogP contribution in [-0.2, 0) is 0 Å². The van der Waals surface area contributed by atoms with Crippen molar-refractivity contribution in [1.29, 1.82) is 0 Å². The molecule has 0 heterocycles.